The van der Waals surface area contributed by atoms with Crippen LogP contribution < -0.4 is 11.1 Å². The molecule has 0 bridgehead atoms. The van der Waals surface area contributed by atoms with Crippen molar-refractivity contribution in [3.8, 4) is 0 Å². The predicted molar refractivity (Wildman–Crippen MR) is 73.4 cm³/mol. The van der Waals surface area contributed by atoms with Crippen LogP contribution in [0.2, 0.25) is 0 Å². The number of anilines is 1. The first-order chi connectivity index (χ1) is 10.1. The standard InChI is InChI=1S/C13H11N5O3/c14-12(20)13-17-10(18-21-13)6-11(19)16-8-2-1-7-3-4-15-9(7)5-8/h1-5,15H,6H2,(H2,14,20)(H,16,19). The fourth-order valence-electron chi connectivity index (χ4n) is 1.90. The smallest absolute Gasteiger partial charge is 0.315 e. The van der Waals surface area contributed by atoms with E-state index in [4.69, 9.17) is 5.73 Å². The second-order valence-electron chi connectivity index (χ2n) is 4.38. The largest absolute Gasteiger partial charge is 0.361 e. The summed E-state index contributed by atoms with van der Waals surface area (Å²) in [7, 11) is 0. The van der Waals surface area contributed by atoms with E-state index in [0.29, 0.717) is 5.69 Å². The molecule has 0 saturated heterocycles. The quantitative estimate of drug-likeness (QED) is 0.654. The van der Waals surface area contributed by atoms with Gasteiger partial charge in [0.25, 0.3) is 0 Å². The third-order valence-electron chi connectivity index (χ3n) is 2.84. The lowest BCUT2D eigenvalue weighted by Gasteiger charge is -2.03. The van der Waals surface area contributed by atoms with Crippen LogP contribution in [-0.4, -0.2) is 26.9 Å². The molecule has 106 valence electrons. The van der Waals surface area contributed by atoms with Gasteiger partial charge in [0.05, 0.1) is 6.42 Å². The van der Waals surface area contributed by atoms with Crippen LogP contribution in [0.25, 0.3) is 10.9 Å². The number of carbonyl (C=O) groups is 2. The van der Waals surface area contributed by atoms with E-state index in [1.165, 1.54) is 0 Å². The Hall–Kier alpha value is -3.16. The van der Waals surface area contributed by atoms with Crippen LogP contribution >= 0.6 is 0 Å². The maximum Gasteiger partial charge on any atom is 0.315 e. The molecule has 4 N–H and O–H groups in total. The normalized spacial score (nSPS) is 10.7. The fourth-order valence-corrected chi connectivity index (χ4v) is 1.90. The van der Waals surface area contributed by atoms with Crippen LogP contribution in [-0.2, 0) is 11.2 Å². The number of rotatable bonds is 4. The molecule has 2 amide bonds. The third kappa shape index (κ3) is 2.73. The van der Waals surface area contributed by atoms with E-state index in [-0.39, 0.29) is 24.0 Å². The Morgan fingerprint density at radius 2 is 2.19 bits per heavy atom. The Labute approximate surface area is 118 Å². The van der Waals surface area contributed by atoms with Crippen molar-refractivity contribution in [1.29, 1.82) is 0 Å². The molecule has 8 nitrogen and oxygen atoms in total. The zero-order valence-electron chi connectivity index (χ0n) is 10.8. The van der Waals surface area contributed by atoms with Crippen molar-refractivity contribution in [3.05, 3.63) is 42.2 Å². The number of nitrogens with two attached hydrogens (primary N) is 1. The first kappa shape index (κ1) is 12.9. The number of carbonyl (C=O) groups excluding carboxylic acids is 2. The maximum atomic E-state index is 11.9. The average Bonchev–Trinajstić information content (AvgIpc) is 3.06. The number of aromatic nitrogens is 3. The molecule has 8 heteroatoms. The van der Waals surface area contributed by atoms with Gasteiger partial charge in [-0.3, -0.25) is 9.59 Å². The SMILES string of the molecule is NC(=O)c1nc(CC(=O)Nc2ccc3cc[nH]c3c2)no1. The molecule has 2 heterocycles. The van der Waals surface area contributed by atoms with Gasteiger partial charge in [-0.05, 0) is 23.6 Å². The van der Waals surface area contributed by atoms with Gasteiger partial charge in [-0.2, -0.15) is 4.98 Å². The van der Waals surface area contributed by atoms with Crippen molar-refractivity contribution in [1.82, 2.24) is 15.1 Å². The number of benzene rings is 1. The van der Waals surface area contributed by atoms with Crippen molar-refractivity contribution >= 4 is 28.4 Å². The monoisotopic (exact) mass is 285 g/mol. The van der Waals surface area contributed by atoms with Crippen LogP contribution in [0.5, 0.6) is 0 Å². The minimum atomic E-state index is -0.827. The third-order valence-corrected chi connectivity index (χ3v) is 2.84. The van der Waals surface area contributed by atoms with E-state index in [0.717, 1.165) is 10.9 Å². The summed E-state index contributed by atoms with van der Waals surface area (Å²) in [5, 5.41) is 7.27. The van der Waals surface area contributed by atoms with E-state index in [1.807, 2.05) is 24.4 Å². The first-order valence-corrected chi connectivity index (χ1v) is 6.11. The molecule has 0 saturated carbocycles. The van der Waals surface area contributed by atoms with Crippen molar-refractivity contribution in [2.75, 3.05) is 5.32 Å². The summed E-state index contributed by atoms with van der Waals surface area (Å²) >= 11 is 0. The minimum Gasteiger partial charge on any atom is -0.361 e. The maximum absolute atomic E-state index is 11.9. The fraction of sp³-hybridized carbons (Fsp3) is 0.0769. The van der Waals surface area contributed by atoms with E-state index in [9.17, 15) is 9.59 Å². The molecule has 21 heavy (non-hydrogen) atoms. The molecular weight excluding hydrogens is 274 g/mol. The van der Waals surface area contributed by atoms with E-state index in [1.54, 1.807) is 6.07 Å². The first-order valence-electron chi connectivity index (χ1n) is 6.11. The van der Waals surface area contributed by atoms with Crippen LogP contribution in [0.4, 0.5) is 5.69 Å². The Bertz CT molecular complexity index is 820. The zero-order chi connectivity index (χ0) is 14.8. The molecule has 0 atom stereocenters. The number of nitrogens with zero attached hydrogens (tertiary/aromatic N) is 2. The Balaban J connectivity index is 1.68. The second kappa shape index (κ2) is 5.08. The summed E-state index contributed by atoms with van der Waals surface area (Å²) in [6.45, 7) is 0. The molecule has 0 spiro atoms. The lowest BCUT2D eigenvalue weighted by molar-refractivity contribution is -0.115. The van der Waals surface area contributed by atoms with Gasteiger partial charge < -0.3 is 20.6 Å². The zero-order valence-corrected chi connectivity index (χ0v) is 10.8. The molecule has 0 aliphatic heterocycles. The van der Waals surface area contributed by atoms with Gasteiger partial charge in [0.1, 0.15) is 0 Å². The number of hydrogen-bond acceptors (Lipinski definition) is 5. The van der Waals surface area contributed by atoms with E-state index in [2.05, 4.69) is 25.0 Å². The van der Waals surface area contributed by atoms with Gasteiger partial charge in [0.15, 0.2) is 5.82 Å². The van der Waals surface area contributed by atoms with Crippen LogP contribution in [0.15, 0.2) is 35.0 Å². The highest BCUT2D eigenvalue weighted by atomic mass is 16.5. The summed E-state index contributed by atoms with van der Waals surface area (Å²) in [4.78, 5) is 29.5. The number of H-pyrrole nitrogens is 1. The summed E-state index contributed by atoms with van der Waals surface area (Å²) in [6, 6.07) is 7.43. The summed E-state index contributed by atoms with van der Waals surface area (Å²) < 4.78 is 4.60. The van der Waals surface area contributed by atoms with Crippen molar-refractivity contribution < 1.29 is 14.1 Å². The number of hydrogen-bond donors (Lipinski definition) is 3. The number of fused-ring (bicyclic) bond motifs is 1. The molecule has 0 radical (unpaired) electrons. The van der Waals surface area contributed by atoms with Crippen LogP contribution in [0, 0.1) is 0 Å². The van der Waals surface area contributed by atoms with Gasteiger partial charge in [0.2, 0.25) is 5.91 Å². The molecular formula is C13H11N5O3. The molecule has 0 aliphatic rings. The molecule has 0 fully saturated rings. The number of amides is 2. The highest BCUT2D eigenvalue weighted by Crippen LogP contribution is 2.17. The molecule has 3 aromatic rings. The van der Waals surface area contributed by atoms with Crippen molar-refractivity contribution in [2.24, 2.45) is 5.73 Å². The summed E-state index contributed by atoms with van der Waals surface area (Å²) in [5.74, 6) is -1.36. The Morgan fingerprint density at radius 3 is 2.95 bits per heavy atom. The molecule has 1 aromatic carbocycles. The van der Waals surface area contributed by atoms with Crippen LogP contribution in [0.3, 0.4) is 0 Å². The van der Waals surface area contributed by atoms with Gasteiger partial charge in [0, 0.05) is 17.4 Å². The van der Waals surface area contributed by atoms with Crippen molar-refractivity contribution in [2.45, 2.75) is 6.42 Å². The highest BCUT2D eigenvalue weighted by molar-refractivity contribution is 5.94. The van der Waals surface area contributed by atoms with Gasteiger partial charge in [-0.25, -0.2) is 0 Å². The summed E-state index contributed by atoms with van der Waals surface area (Å²) in [6.07, 6.45) is 1.71. The summed E-state index contributed by atoms with van der Waals surface area (Å²) in [5.41, 5.74) is 6.55. The molecule has 3 rings (SSSR count). The van der Waals surface area contributed by atoms with Crippen molar-refractivity contribution in [3.63, 3.8) is 0 Å². The topological polar surface area (TPSA) is 127 Å². The number of aromatic amines is 1. The average molecular weight is 285 g/mol. The number of primary amides is 1. The molecule has 0 unspecified atom stereocenters. The Kier molecular flexibility index (Phi) is 3.11. The second-order valence-corrected chi connectivity index (χ2v) is 4.38. The van der Waals surface area contributed by atoms with Gasteiger partial charge >= 0.3 is 11.8 Å². The van der Waals surface area contributed by atoms with Crippen LogP contribution in [0.1, 0.15) is 16.5 Å². The minimum absolute atomic E-state index is 0.0993. The Morgan fingerprint density at radius 1 is 1.33 bits per heavy atom. The van der Waals surface area contributed by atoms with Gasteiger partial charge in [-0.15, -0.1) is 0 Å². The highest BCUT2D eigenvalue weighted by Gasteiger charge is 2.14. The van der Waals surface area contributed by atoms with E-state index >= 15 is 0 Å². The molecule has 2 aromatic heterocycles. The number of nitrogens with one attached hydrogen (secondary N) is 2. The van der Waals surface area contributed by atoms with E-state index < -0.39 is 5.91 Å². The lowest BCUT2D eigenvalue weighted by atomic mass is 10.2. The van der Waals surface area contributed by atoms with Gasteiger partial charge in [-0.1, -0.05) is 11.2 Å². The molecule has 0 aliphatic carbocycles. The lowest BCUT2D eigenvalue weighted by Crippen LogP contribution is -2.16. The predicted octanol–water partition coefficient (Wildman–Crippen LogP) is 0.831.